The number of guanidine groups is 1. The molecule has 1 atom stereocenters. The van der Waals surface area contributed by atoms with Crippen LogP contribution < -0.4 is 11.1 Å². The van der Waals surface area contributed by atoms with Crippen molar-refractivity contribution in [2.75, 3.05) is 26.7 Å². The standard InChI is InChI=1S/C29H36N6O3/c1-29(2,3)38-28(36)34-27(30)31-16-8-10-20-9-7-11-21(19-20)25(37-22-14-17-35(4)18-15-22)26-32-23-12-5-6-13-24(23)33-26/h5-7,9,11-13,19,22,25H,14-18H2,1-4H3,(H,32,33)(H3,30,31,34,36). The number of fused-ring (bicyclic) bond motifs is 1. The van der Waals surface area contributed by atoms with Gasteiger partial charge in [-0.25, -0.2) is 14.8 Å². The third-order valence-electron chi connectivity index (χ3n) is 6.03. The summed E-state index contributed by atoms with van der Waals surface area (Å²) in [6.07, 6.45) is 1.10. The number of hydrogen-bond donors (Lipinski definition) is 3. The van der Waals surface area contributed by atoms with Crippen molar-refractivity contribution in [2.45, 2.75) is 51.4 Å². The number of likely N-dealkylation sites (tertiary alicyclic amines) is 1. The molecule has 4 N–H and O–H groups in total. The lowest BCUT2D eigenvalue weighted by Crippen LogP contribution is -2.40. The van der Waals surface area contributed by atoms with E-state index in [-0.39, 0.29) is 24.7 Å². The van der Waals surface area contributed by atoms with E-state index in [1.54, 1.807) is 20.8 Å². The zero-order chi connectivity index (χ0) is 27.1. The number of benzene rings is 2. The molecule has 9 heteroatoms. The number of H-pyrrole nitrogens is 1. The third kappa shape index (κ3) is 7.81. The number of aliphatic imine (C=N–C) groups is 1. The maximum atomic E-state index is 11.8. The molecule has 0 bridgehead atoms. The van der Waals surface area contributed by atoms with Crippen molar-refractivity contribution in [3.8, 4) is 11.8 Å². The SMILES string of the molecule is CN1CCC(OC(c2cccc(C#CCN=C(N)NC(=O)OC(C)(C)C)c2)c2nc3ccccc3[nH]2)CC1. The maximum absolute atomic E-state index is 11.8. The Balaban J connectivity index is 1.49. The van der Waals surface area contributed by atoms with Crippen molar-refractivity contribution in [3.63, 3.8) is 0 Å². The number of imidazole rings is 1. The van der Waals surface area contributed by atoms with Crippen LogP contribution in [-0.4, -0.2) is 65.3 Å². The fourth-order valence-electron chi connectivity index (χ4n) is 4.20. The molecule has 4 rings (SSSR count). The molecule has 1 aliphatic rings. The lowest BCUT2D eigenvalue weighted by atomic mass is 10.0. The Morgan fingerprint density at radius 2 is 2.00 bits per heavy atom. The summed E-state index contributed by atoms with van der Waals surface area (Å²) in [7, 11) is 2.14. The van der Waals surface area contributed by atoms with Crippen LogP contribution in [0.1, 0.15) is 56.7 Å². The van der Waals surface area contributed by atoms with Crippen LogP contribution in [0.2, 0.25) is 0 Å². The minimum atomic E-state index is -0.652. The van der Waals surface area contributed by atoms with Crippen LogP contribution in [0.25, 0.3) is 11.0 Å². The molecule has 1 aromatic heterocycles. The van der Waals surface area contributed by atoms with Crippen molar-refractivity contribution in [2.24, 2.45) is 10.7 Å². The van der Waals surface area contributed by atoms with E-state index in [4.69, 9.17) is 20.2 Å². The minimum Gasteiger partial charge on any atom is -0.444 e. The van der Waals surface area contributed by atoms with E-state index in [9.17, 15) is 4.79 Å². The highest BCUT2D eigenvalue weighted by molar-refractivity contribution is 5.93. The van der Waals surface area contributed by atoms with E-state index >= 15 is 0 Å². The molecule has 0 saturated carbocycles. The number of alkyl carbamates (subject to hydrolysis) is 1. The van der Waals surface area contributed by atoms with Crippen LogP contribution in [0.5, 0.6) is 0 Å². The van der Waals surface area contributed by atoms with Gasteiger partial charge in [-0.15, -0.1) is 0 Å². The zero-order valence-corrected chi connectivity index (χ0v) is 22.5. The van der Waals surface area contributed by atoms with Crippen LogP contribution in [0.4, 0.5) is 4.79 Å². The number of para-hydroxylation sites is 2. The Kier molecular flexibility index (Phi) is 8.66. The first-order valence-corrected chi connectivity index (χ1v) is 12.8. The summed E-state index contributed by atoms with van der Waals surface area (Å²) >= 11 is 0. The summed E-state index contributed by atoms with van der Waals surface area (Å²) in [5.41, 5.74) is 8.84. The number of ether oxygens (including phenoxy) is 2. The van der Waals surface area contributed by atoms with Gasteiger partial charge < -0.3 is 25.1 Å². The molecule has 1 fully saturated rings. The van der Waals surface area contributed by atoms with Gasteiger partial charge in [0.25, 0.3) is 0 Å². The van der Waals surface area contributed by atoms with Gasteiger partial charge in [-0.3, -0.25) is 5.32 Å². The molecule has 0 aliphatic carbocycles. The molecule has 9 nitrogen and oxygen atoms in total. The van der Waals surface area contributed by atoms with Crippen molar-refractivity contribution in [1.29, 1.82) is 0 Å². The highest BCUT2D eigenvalue weighted by atomic mass is 16.6. The fourth-order valence-corrected chi connectivity index (χ4v) is 4.20. The predicted molar refractivity (Wildman–Crippen MR) is 149 cm³/mol. The number of piperidine rings is 1. The molecule has 3 aromatic rings. The Morgan fingerprint density at radius 1 is 1.24 bits per heavy atom. The molecular formula is C29H36N6O3. The Bertz CT molecular complexity index is 1310. The number of carbonyl (C=O) groups is 1. The number of nitrogens with two attached hydrogens (primary N) is 1. The van der Waals surface area contributed by atoms with Crippen LogP contribution in [0.3, 0.4) is 0 Å². The zero-order valence-electron chi connectivity index (χ0n) is 22.5. The summed E-state index contributed by atoms with van der Waals surface area (Å²) in [6.45, 7) is 7.47. The van der Waals surface area contributed by atoms with Crippen molar-refractivity contribution >= 4 is 23.1 Å². The van der Waals surface area contributed by atoms with Gasteiger partial charge in [0.15, 0.2) is 5.96 Å². The average molecular weight is 517 g/mol. The first-order valence-electron chi connectivity index (χ1n) is 12.8. The van der Waals surface area contributed by atoms with Gasteiger partial charge in [-0.2, -0.15) is 0 Å². The molecule has 200 valence electrons. The van der Waals surface area contributed by atoms with Gasteiger partial charge in [0.05, 0.1) is 17.1 Å². The van der Waals surface area contributed by atoms with Crippen LogP contribution in [0.15, 0.2) is 53.5 Å². The van der Waals surface area contributed by atoms with Crippen LogP contribution in [-0.2, 0) is 9.47 Å². The summed E-state index contributed by atoms with van der Waals surface area (Å²) in [5.74, 6) is 6.85. The molecular weight excluding hydrogens is 480 g/mol. The Labute approximate surface area is 223 Å². The molecule has 1 saturated heterocycles. The predicted octanol–water partition coefficient (Wildman–Crippen LogP) is 3.95. The van der Waals surface area contributed by atoms with E-state index in [0.29, 0.717) is 0 Å². The maximum Gasteiger partial charge on any atom is 0.414 e. The molecule has 2 heterocycles. The smallest absolute Gasteiger partial charge is 0.414 e. The lowest BCUT2D eigenvalue weighted by Gasteiger charge is -2.31. The van der Waals surface area contributed by atoms with Gasteiger partial charge >= 0.3 is 6.09 Å². The number of hydrogen-bond acceptors (Lipinski definition) is 6. The number of nitrogens with one attached hydrogen (secondary N) is 2. The van der Waals surface area contributed by atoms with Crippen molar-refractivity contribution in [1.82, 2.24) is 20.2 Å². The van der Waals surface area contributed by atoms with E-state index in [0.717, 1.165) is 53.9 Å². The fraction of sp³-hybridized carbons (Fsp3) is 0.414. The average Bonchev–Trinajstić information content (AvgIpc) is 3.29. The third-order valence-corrected chi connectivity index (χ3v) is 6.03. The van der Waals surface area contributed by atoms with Crippen LogP contribution in [0, 0.1) is 11.8 Å². The molecule has 0 spiro atoms. The number of aromatic amines is 1. The van der Waals surface area contributed by atoms with Gasteiger partial charge in [0.1, 0.15) is 24.1 Å². The number of amides is 1. The normalized spacial score (nSPS) is 16.1. The highest BCUT2D eigenvalue weighted by Crippen LogP contribution is 2.30. The Hall–Kier alpha value is -3.87. The first-order chi connectivity index (χ1) is 18.2. The summed E-state index contributed by atoms with van der Waals surface area (Å²) < 4.78 is 11.8. The summed E-state index contributed by atoms with van der Waals surface area (Å²) in [4.78, 5) is 26.5. The first kappa shape index (κ1) is 27.2. The molecule has 1 unspecified atom stereocenters. The van der Waals surface area contributed by atoms with E-state index < -0.39 is 11.7 Å². The van der Waals surface area contributed by atoms with E-state index in [2.05, 4.69) is 39.1 Å². The van der Waals surface area contributed by atoms with Gasteiger partial charge in [0.2, 0.25) is 0 Å². The monoisotopic (exact) mass is 516 g/mol. The number of aromatic nitrogens is 2. The summed E-state index contributed by atoms with van der Waals surface area (Å²) in [5, 5.41) is 2.40. The van der Waals surface area contributed by atoms with Crippen molar-refractivity contribution in [3.05, 3.63) is 65.5 Å². The Morgan fingerprint density at radius 3 is 2.74 bits per heavy atom. The van der Waals surface area contributed by atoms with Crippen molar-refractivity contribution < 1.29 is 14.3 Å². The van der Waals surface area contributed by atoms with Gasteiger partial charge in [-0.05, 0) is 70.5 Å². The second-order valence-corrected chi connectivity index (χ2v) is 10.4. The molecule has 1 amide bonds. The largest absolute Gasteiger partial charge is 0.444 e. The minimum absolute atomic E-state index is 0.0428. The molecule has 2 aromatic carbocycles. The quantitative estimate of drug-likeness (QED) is 0.269. The second kappa shape index (κ2) is 12.1. The van der Waals surface area contributed by atoms with E-state index in [1.807, 2.05) is 48.5 Å². The second-order valence-electron chi connectivity index (χ2n) is 10.4. The van der Waals surface area contributed by atoms with E-state index in [1.165, 1.54) is 0 Å². The molecule has 38 heavy (non-hydrogen) atoms. The number of nitrogens with zero attached hydrogens (tertiary/aromatic N) is 3. The molecule has 0 radical (unpaired) electrons. The highest BCUT2D eigenvalue weighted by Gasteiger charge is 2.26. The number of carbonyl (C=O) groups excluding carboxylic acids is 1. The van der Waals surface area contributed by atoms with Gasteiger partial charge in [-0.1, -0.05) is 36.1 Å². The summed E-state index contributed by atoms with van der Waals surface area (Å²) in [6, 6.07) is 15.9. The number of rotatable bonds is 5. The molecule has 1 aliphatic heterocycles. The van der Waals surface area contributed by atoms with Crippen LogP contribution >= 0.6 is 0 Å². The topological polar surface area (TPSA) is 118 Å². The van der Waals surface area contributed by atoms with Gasteiger partial charge in [0, 0.05) is 18.7 Å². The lowest BCUT2D eigenvalue weighted by molar-refractivity contribution is -0.0264.